The van der Waals surface area contributed by atoms with Gasteiger partial charge in [0.15, 0.2) is 0 Å². The maximum atomic E-state index is 12.5. The van der Waals surface area contributed by atoms with Crippen LogP contribution >= 0.6 is 0 Å². The van der Waals surface area contributed by atoms with Crippen molar-refractivity contribution in [2.24, 2.45) is 29.6 Å². The Labute approximate surface area is 174 Å². The van der Waals surface area contributed by atoms with Crippen molar-refractivity contribution in [1.29, 1.82) is 0 Å². The smallest absolute Gasteiger partial charge is 0.309 e. The minimum Gasteiger partial charge on any atom is -0.462 e. The van der Waals surface area contributed by atoms with Crippen molar-refractivity contribution in [3.8, 4) is 0 Å². The van der Waals surface area contributed by atoms with E-state index in [4.69, 9.17) is 9.72 Å². The zero-order valence-corrected chi connectivity index (χ0v) is 17.6. The Kier molecular flexibility index (Phi) is 5.36. The highest BCUT2D eigenvalue weighted by atomic mass is 16.6. The minimum atomic E-state index is 0.0395. The van der Waals surface area contributed by atoms with E-state index in [1.54, 1.807) is 0 Å². The van der Waals surface area contributed by atoms with Gasteiger partial charge in [-0.15, -0.1) is 0 Å². The highest BCUT2D eigenvalue weighted by Crippen LogP contribution is 2.53. The number of nitrogens with zero attached hydrogens (tertiary/aromatic N) is 2. The fourth-order valence-corrected chi connectivity index (χ4v) is 6.63. The Morgan fingerprint density at radius 2 is 1.93 bits per heavy atom. The number of hydrogen-bond donors (Lipinski definition) is 0. The van der Waals surface area contributed by atoms with Crippen LogP contribution in [0.5, 0.6) is 0 Å². The molecule has 3 heterocycles. The van der Waals surface area contributed by atoms with Gasteiger partial charge in [0.2, 0.25) is 0 Å². The monoisotopic (exact) mass is 394 g/mol. The lowest BCUT2D eigenvalue weighted by Gasteiger charge is -2.45. The molecule has 4 heteroatoms. The topological polar surface area (TPSA) is 42.4 Å². The van der Waals surface area contributed by atoms with Crippen molar-refractivity contribution in [2.45, 2.75) is 64.4 Å². The van der Waals surface area contributed by atoms with Gasteiger partial charge in [-0.2, -0.15) is 0 Å². The van der Waals surface area contributed by atoms with Crippen LogP contribution in [0.15, 0.2) is 24.3 Å². The molecule has 1 aromatic rings. The number of hydrogen-bond acceptors (Lipinski definition) is 4. The molecule has 0 N–H and O–H groups in total. The third-order valence-corrected chi connectivity index (χ3v) is 8.00. The first-order chi connectivity index (χ1) is 14.2. The summed E-state index contributed by atoms with van der Waals surface area (Å²) in [4.78, 5) is 19.8. The van der Waals surface area contributed by atoms with Crippen LogP contribution in [0.2, 0.25) is 0 Å². The first-order valence-corrected chi connectivity index (χ1v) is 11.8. The van der Waals surface area contributed by atoms with E-state index in [-0.39, 0.29) is 18.0 Å². The molecule has 0 amide bonds. The summed E-state index contributed by atoms with van der Waals surface area (Å²) in [6.45, 7) is 4.34. The highest BCUT2D eigenvalue weighted by molar-refractivity contribution is 5.75. The predicted molar refractivity (Wildman–Crippen MR) is 115 cm³/mol. The number of carbonyl (C=O) groups is 1. The third-order valence-electron chi connectivity index (χ3n) is 8.00. The van der Waals surface area contributed by atoms with E-state index in [1.165, 1.54) is 44.9 Å². The Bertz CT molecular complexity index is 770. The lowest BCUT2D eigenvalue weighted by Crippen LogP contribution is -2.42. The van der Waals surface area contributed by atoms with E-state index in [2.05, 4.69) is 42.2 Å². The SMILES string of the molecule is C[C@@H]1OC(=O)[C@H]2C[C@H]3CCCC[C@@H]3[C@@H](/C=C/c3cccc(N4CCCCC4)n3)[C@@H]12. The Morgan fingerprint density at radius 1 is 1.10 bits per heavy atom. The summed E-state index contributed by atoms with van der Waals surface area (Å²) in [6, 6.07) is 6.39. The van der Waals surface area contributed by atoms with Crippen molar-refractivity contribution in [3.05, 3.63) is 30.0 Å². The second-order valence-corrected chi connectivity index (χ2v) is 9.67. The van der Waals surface area contributed by atoms with Crippen LogP contribution < -0.4 is 4.90 Å². The summed E-state index contributed by atoms with van der Waals surface area (Å²) >= 11 is 0. The number of pyridine rings is 1. The van der Waals surface area contributed by atoms with Gasteiger partial charge in [0.05, 0.1) is 11.6 Å². The number of anilines is 1. The van der Waals surface area contributed by atoms with E-state index in [0.29, 0.717) is 23.7 Å². The molecule has 5 rings (SSSR count). The standard InChI is InChI=1S/C25H34N2O2/c1-17-24-21(20-10-4-3-8-18(20)16-22(24)25(28)29-17)13-12-19-9-7-11-23(26-19)27-14-5-2-6-15-27/h7,9,11-13,17-18,20-22,24H,2-6,8,10,14-16H2,1H3/b13-12+/t17-,18+,20-,21+,22-,24+/m0/s1. The molecule has 0 radical (unpaired) electrons. The Balaban J connectivity index is 1.39. The van der Waals surface area contributed by atoms with Gasteiger partial charge in [-0.05, 0) is 75.0 Å². The highest BCUT2D eigenvalue weighted by Gasteiger charge is 2.53. The average Bonchev–Trinajstić information content (AvgIpc) is 3.05. The molecular weight excluding hydrogens is 360 g/mol. The van der Waals surface area contributed by atoms with Crippen LogP contribution in [0, 0.1) is 29.6 Å². The predicted octanol–water partition coefficient (Wildman–Crippen LogP) is 5.09. The lowest BCUT2D eigenvalue weighted by molar-refractivity contribution is -0.144. The fourth-order valence-electron chi connectivity index (χ4n) is 6.63. The molecule has 6 atom stereocenters. The number of fused-ring (bicyclic) bond motifs is 2. The number of esters is 1. The largest absolute Gasteiger partial charge is 0.462 e. The van der Waals surface area contributed by atoms with Crippen LogP contribution in [0.1, 0.15) is 64.0 Å². The zero-order chi connectivity index (χ0) is 19.8. The maximum absolute atomic E-state index is 12.5. The normalized spacial score (nSPS) is 37.3. The molecule has 4 fully saturated rings. The molecule has 0 unspecified atom stereocenters. The number of cyclic esters (lactones) is 1. The number of ether oxygens (including phenoxy) is 1. The number of carbonyl (C=O) groups excluding carboxylic acids is 1. The zero-order valence-electron chi connectivity index (χ0n) is 17.6. The lowest BCUT2D eigenvalue weighted by atomic mass is 9.57. The first kappa shape index (κ1) is 19.1. The van der Waals surface area contributed by atoms with Gasteiger partial charge in [-0.1, -0.05) is 31.4 Å². The number of allylic oxidation sites excluding steroid dienone is 1. The summed E-state index contributed by atoms with van der Waals surface area (Å²) in [7, 11) is 0. The quantitative estimate of drug-likeness (QED) is 0.670. The van der Waals surface area contributed by atoms with Gasteiger partial charge in [0.25, 0.3) is 0 Å². The maximum Gasteiger partial charge on any atom is 0.309 e. The molecule has 0 bridgehead atoms. The molecule has 4 aliphatic rings. The van der Waals surface area contributed by atoms with Crippen LogP contribution in [-0.4, -0.2) is 30.1 Å². The second-order valence-electron chi connectivity index (χ2n) is 9.67. The van der Waals surface area contributed by atoms with Gasteiger partial charge in [0.1, 0.15) is 11.9 Å². The van der Waals surface area contributed by atoms with Gasteiger partial charge in [-0.3, -0.25) is 4.79 Å². The molecule has 0 aromatic carbocycles. The third kappa shape index (κ3) is 3.71. The molecule has 1 aromatic heterocycles. The number of piperidine rings is 1. The van der Waals surface area contributed by atoms with E-state index in [0.717, 1.165) is 31.0 Å². The van der Waals surface area contributed by atoms with Crippen LogP contribution in [-0.2, 0) is 9.53 Å². The molecule has 156 valence electrons. The Hall–Kier alpha value is -1.84. The molecule has 4 nitrogen and oxygen atoms in total. The van der Waals surface area contributed by atoms with Crippen molar-refractivity contribution in [1.82, 2.24) is 4.98 Å². The molecule has 29 heavy (non-hydrogen) atoms. The number of rotatable bonds is 3. The molecule has 2 saturated carbocycles. The van der Waals surface area contributed by atoms with Crippen LogP contribution in [0.4, 0.5) is 5.82 Å². The van der Waals surface area contributed by atoms with E-state index >= 15 is 0 Å². The van der Waals surface area contributed by atoms with Crippen molar-refractivity contribution in [3.63, 3.8) is 0 Å². The van der Waals surface area contributed by atoms with Crippen molar-refractivity contribution >= 4 is 17.9 Å². The number of aromatic nitrogens is 1. The van der Waals surface area contributed by atoms with Crippen molar-refractivity contribution in [2.75, 3.05) is 18.0 Å². The van der Waals surface area contributed by atoms with E-state index in [9.17, 15) is 4.79 Å². The summed E-state index contributed by atoms with van der Waals surface area (Å²) in [5, 5.41) is 0. The van der Waals surface area contributed by atoms with Gasteiger partial charge in [0, 0.05) is 19.0 Å². The minimum absolute atomic E-state index is 0.0395. The van der Waals surface area contributed by atoms with Crippen LogP contribution in [0.25, 0.3) is 6.08 Å². The molecule has 2 saturated heterocycles. The molecule has 2 aliphatic heterocycles. The summed E-state index contributed by atoms with van der Waals surface area (Å²) < 4.78 is 5.70. The molecule has 2 aliphatic carbocycles. The van der Waals surface area contributed by atoms with Gasteiger partial charge < -0.3 is 9.64 Å². The summed E-state index contributed by atoms with van der Waals surface area (Å²) in [5.74, 6) is 3.41. The Morgan fingerprint density at radius 3 is 2.79 bits per heavy atom. The second kappa shape index (κ2) is 8.12. The molecular formula is C25H34N2O2. The van der Waals surface area contributed by atoms with Gasteiger partial charge in [-0.25, -0.2) is 4.98 Å². The first-order valence-electron chi connectivity index (χ1n) is 11.8. The van der Waals surface area contributed by atoms with Gasteiger partial charge >= 0.3 is 5.97 Å². The molecule has 0 spiro atoms. The summed E-state index contributed by atoms with van der Waals surface area (Å²) in [6.07, 6.45) is 14.8. The fraction of sp³-hybridized carbons (Fsp3) is 0.680. The van der Waals surface area contributed by atoms with Crippen LogP contribution in [0.3, 0.4) is 0 Å². The summed E-state index contributed by atoms with van der Waals surface area (Å²) in [5.41, 5.74) is 1.04. The average molecular weight is 395 g/mol. The van der Waals surface area contributed by atoms with Crippen molar-refractivity contribution < 1.29 is 9.53 Å². The van der Waals surface area contributed by atoms with E-state index < -0.39 is 0 Å². The van der Waals surface area contributed by atoms with E-state index in [1.807, 2.05) is 0 Å².